The fourth-order valence-electron chi connectivity index (χ4n) is 4.28. The van der Waals surface area contributed by atoms with Crippen LogP contribution in [-0.2, 0) is 10.2 Å². The molecule has 33 heavy (non-hydrogen) atoms. The number of nitrogens with one attached hydrogen (secondary N) is 2. The second-order valence-corrected chi connectivity index (χ2v) is 9.00. The second-order valence-electron chi connectivity index (χ2n) is 8.59. The van der Waals surface area contributed by atoms with Gasteiger partial charge in [0.2, 0.25) is 5.91 Å². The fourth-order valence-corrected chi connectivity index (χ4v) is 4.44. The number of anilines is 1. The number of carbonyl (C=O) groups excluding carboxylic acids is 2. The van der Waals surface area contributed by atoms with Crippen LogP contribution in [0.2, 0.25) is 5.02 Å². The van der Waals surface area contributed by atoms with Crippen molar-refractivity contribution in [1.82, 2.24) is 10.2 Å². The number of nitrogens with zero attached hydrogens (tertiary/aromatic N) is 1. The molecule has 1 heterocycles. The van der Waals surface area contributed by atoms with Crippen LogP contribution < -0.4 is 10.6 Å². The summed E-state index contributed by atoms with van der Waals surface area (Å²) in [5.74, 6) is -1.54. The maximum Gasteiger partial charge on any atom is 0.253 e. The van der Waals surface area contributed by atoms with Gasteiger partial charge in [-0.15, -0.1) is 0 Å². The van der Waals surface area contributed by atoms with Crippen molar-refractivity contribution in [3.63, 3.8) is 0 Å². The Morgan fingerprint density at radius 1 is 1.18 bits per heavy atom. The van der Waals surface area contributed by atoms with Crippen LogP contribution in [0.15, 0.2) is 36.4 Å². The number of benzene rings is 2. The molecular weight excluding hydrogens is 449 g/mol. The predicted octanol–water partition coefficient (Wildman–Crippen LogP) is 2.51. The lowest BCUT2D eigenvalue weighted by Crippen LogP contribution is -2.68. The minimum atomic E-state index is -1.01. The zero-order valence-corrected chi connectivity index (χ0v) is 19.6. The highest BCUT2D eigenvalue weighted by Crippen LogP contribution is 2.41. The Hall–Kier alpha value is -2.52. The van der Waals surface area contributed by atoms with Gasteiger partial charge >= 0.3 is 0 Å². The fraction of sp³-hybridized carbons (Fsp3) is 0.417. The van der Waals surface area contributed by atoms with Gasteiger partial charge < -0.3 is 20.8 Å². The van der Waals surface area contributed by atoms with E-state index < -0.39 is 29.1 Å². The highest BCUT2D eigenvalue weighted by molar-refractivity contribution is 6.31. The number of carbonyl (C=O) groups is 2. The molecule has 0 unspecified atom stereocenters. The van der Waals surface area contributed by atoms with Crippen molar-refractivity contribution in [3.05, 3.63) is 63.9 Å². The molecule has 1 aliphatic rings. The van der Waals surface area contributed by atoms with Gasteiger partial charge in [0.05, 0.1) is 40.9 Å². The van der Waals surface area contributed by atoms with Crippen LogP contribution in [0.5, 0.6) is 0 Å². The van der Waals surface area contributed by atoms with E-state index in [9.17, 15) is 24.2 Å². The van der Waals surface area contributed by atoms with E-state index in [0.717, 1.165) is 17.2 Å². The van der Waals surface area contributed by atoms with E-state index in [-0.39, 0.29) is 48.5 Å². The Balaban J connectivity index is 2.05. The Labute approximate surface area is 197 Å². The van der Waals surface area contributed by atoms with Crippen LogP contribution in [0, 0.1) is 5.82 Å². The van der Waals surface area contributed by atoms with Gasteiger partial charge in [-0.2, -0.15) is 0 Å². The van der Waals surface area contributed by atoms with Crippen LogP contribution >= 0.6 is 11.6 Å². The first kappa shape index (κ1) is 25.1. The summed E-state index contributed by atoms with van der Waals surface area (Å²) in [5.41, 5.74) is 0.857. The molecule has 0 aliphatic carbocycles. The van der Waals surface area contributed by atoms with E-state index >= 15 is 0 Å². The summed E-state index contributed by atoms with van der Waals surface area (Å²) in [4.78, 5) is 27.9. The van der Waals surface area contributed by atoms with Crippen molar-refractivity contribution >= 4 is 29.1 Å². The SMILES string of the molecule is CNC(=O)c1cc(Cl)c(F)cc1NC(=O)C1(c2ccccc2C(C)C)CN(C(CO)CO)C1. The highest BCUT2D eigenvalue weighted by Gasteiger charge is 2.53. The van der Waals surface area contributed by atoms with E-state index in [1.807, 2.05) is 43.0 Å². The first-order valence-corrected chi connectivity index (χ1v) is 11.1. The molecule has 1 saturated heterocycles. The quantitative estimate of drug-likeness (QED) is 0.468. The molecule has 2 aromatic rings. The largest absolute Gasteiger partial charge is 0.395 e. The maximum atomic E-state index is 14.2. The number of aliphatic hydroxyl groups is 2. The zero-order valence-electron chi connectivity index (χ0n) is 18.9. The molecule has 1 fully saturated rings. The maximum absolute atomic E-state index is 14.2. The number of amides is 2. The number of rotatable bonds is 8. The van der Waals surface area contributed by atoms with Gasteiger partial charge in [0.15, 0.2) is 0 Å². The molecule has 1 aliphatic heterocycles. The molecule has 0 bridgehead atoms. The van der Waals surface area contributed by atoms with Crippen molar-refractivity contribution in [2.24, 2.45) is 0 Å². The summed E-state index contributed by atoms with van der Waals surface area (Å²) in [6, 6.07) is 9.34. The Bertz CT molecular complexity index is 1040. The number of aliphatic hydroxyl groups excluding tert-OH is 2. The smallest absolute Gasteiger partial charge is 0.253 e. The monoisotopic (exact) mass is 477 g/mol. The van der Waals surface area contributed by atoms with Crippen molar-refractivity contribution < 1.29 is 24.2 Å². The minimum Gasteiger partial charge on any atom is -0.395 e. The molecule has 0 aromatic heterocycles. The van der Waals surface area contributed by atoms with Gasteiger partial charge in [-0.1, -0.05) is 49.7 Å². The minimum absolute atomic E-state index is 0.0157. The van der Waals surface area contributed by atoms with E-state index in [1.54, 1.807) is 0 Å². The van der Waals surface area contributed by atoms with E-state index in [0.29, 0.717) is 0 Å². The first-order valence-electron chi connectivity index (χ1n) is 10.8. The van der Waals surface area contributed by atoms with Gasteiger partial charge in [-0.05, 0) is 29.2 Å². The second kappa shape index (κ2) is 10.2. The third-order valence-corrected chi connectivity index (χ3v) is 6.49. The summed E-state index contributed by atoms with van der Waals surface area (Å²) >= 11 is 5.87. The summed E-state index contributed by atoms with van der Waals surface area (Å²) < 4.78 is 14.2. The van der Waals surface area contributed by atoms with Crippen LogP contribution in [0.3, 0.4) is 0 Å². The average molecular weight is 478 g/mol. The molecule has 0 radical (unpaired) electrons. The van der Waals surface area contributed by atoms with E-state index in [1.165, 1.54) is 13.1 Å². The molecule has 2 aromatic carbocycles. The highest BCUT2D eigenvalue weighted by atomic mass is 35.5. The van der Waals surface area contributed by atoms with Gasteiger partial charge in [0.25, 0.3) is 5.91 Å². The first-order chi connectivity index (χ1) is 15.7. The summed E-state index contributed by atoms with van der Waals surface area (Å²) in [7, 11) is 1.43. The van der Waals surface area contributed by atoms with Crippen LogP contribution in [0.4, 0.5) is 10.1 Å². The standard InChI is InChI=1S/C24H29ClFN3O4/c1-14(2)16-6-4-5-7-18(16)24(12-29(13-24)15(10-30)11-31)23(33)28-21-9-20(26)19(25)8-17(21)22(32)27-3/h4-9,14-15,30-31H,10-13H2,1-3H3,(H,27,32)(H,28,33). The van der Waals surface area contributed by atoms with Gasteiger partial charge in [-0.3, -0.25) is 14.5 Å². The molecule has 0 spiro atoms. The number of likely N-dealkylation sites (tertiary alicyclic amines) is 1. The zero-order chi connectivity index (χ0) is 24.3. The summed E-state index contributed by atoms with van der Waals surface area (Å²) in [5, 5.41) is 24.2. The Kier molecular flexibility index (Phi) is 7.74. The van der Waals surface area contributed by atoms with Gasteiger partial charge in [0, 0.05) is 20.1 Å². The molecule has 0 atom stereocenters. The lowest BCUT2D eigenvalue weighted by molar-refractivity contribution is -0.131. The Morgan fingerprint density at radius 3 is 2.39 bits per heavy atom. The molecule has 7 nitrogen and oxygen atoms in total. The number of halogens is 2. The molecule has 178 valence electrons. The van der Waals surface area contributed by atoms with Crippen molar-refractivity contribution in [2.45, 2.75) is 31.2 Å². The summed E-state index contributed by atoms with van der Waals surface area (Å²) in [6.45, 7) is 4.07. The molecular formula is C24H29ClFN3O4. The molecule has 4 N–H and O–H groups in total. The topological polar surface area (TPSA) is 102 Å². The van der Waals surface area contributed by atoms with Crippen molar-refractivity contribution in [1.29, 1.82) is 0 Å². The van der Waals surface area contributed by atoms with Crippen molar-refractivity contribution in [3.8, 4) is 0 Å². The molecule has 3 rings (SSSR count). The number of hydrogen-bond donors (Lipinski definition) is 4. The molecule has 9 heteroatoms. The average Bonchev–Trinajstić information content (AvgIpc) is 2.77. The van der Waals surface area contributed by atoms with E-state index in [4.69, 9.17) is 11.6 Å². The normalized spacial score (nSPS) is 15.4. The van der Waals surface area contributed by atoms with Crippen LogP contribution in [-0.4, -0.2) is 66.3 Å². The predicted molar refractivity (Wildman–Crippen MR) is 125 cm³/mol. The van der Waals surface area contributed by atoms with Crippen LogP contribution in [0.1, 0.15) is 41.3 Å². The van der Waals surface area contributed by atoms with Gasteiger partial charge in [0.1, 0.15) is 5.82 Å². The molecule has 2 amide bonds. The Morgan fingerprint density at radius 2 is 1.82 bits per heavy atom. The van der Waals surface area contributed by atoms with E-state index in [2.05, 4.69) is 10.6 Å². The third kappa shape index (κ3) is 4.75. The van der Waals surface area contributed by atoms with Crippen molar-refractivity contribution in [2.75, 3.05) is 38.7 Å². The van der Waals surface area contributed by atoms with Crippen LogP contribution in [0.25, 0.3) is 0 Å². The lowest BCUT2D eigenvalue weighted by atomic mass is 9.69. The van der Waals surface area contributed by atoms with Gasteiger partial charge in [-0.25, -0.2) is 4.39 Å². The molecule has 0 saturated carbocycles. The lowest BCUT2D eigenvalue weighted by Gasteiger charge is -2.52. The third-order valence-electron chi connectivity index (χ3n) is 6.20. The summed E-state index contributed by atoms with van der Waals surface area (Å²) in [6.07, 6.45) is 0. The number of hydrogen-bond acceptors (Lipinski definition) is 5.